The van der Waals surface area contributed by atoms with Gasteiger partial charge in [0.05, 0.1) is 18.8 Å². The number of amides is 1. The highest BCUT2D eigenvalue weighted by Crippen LogP contribution is 2.20. The van der Waals surface area contributed by atoms with Gasteiger partial charge in [0.25, 0.3) is 0 Å². The van der Waals surface area contributed by atoms with Crippen LogP contribution in [-0.2, 0) is 11.3 Å². The highest BCUT2D eigenvalue weighted by molar-refractivity contribution is 5.85. The van der Waals surface area contributed by atoms with Crippen LogP contribution in [0.25, 0.3) is 0 Å². The van der Waals surface area contributed by atoms with Gasteiger partial charge in [-0.1, -0.05) is 31.2 Å². The molecule has 0 saturated carbocycles. The summed E-state index contributed by atoms with van der Waals surface area (Å²) in [5.74, 6) is 0.972. The molecule has 6 heteroatoms. The Hall–Kier alpha value is -2.11. The largest absolute Gasteiger partial charge is 0.494 e. The minimum absolute atomic E-state index is 0. The fourth-order valence-electron chi connectivity index (χ4n) is 3.64. The summed E-state index contributed by atoms with van der Waals surface area (Å²) >= 11 is 0. The van der Waals surface area contributed by atoms with E-state index in [1.54, 1.807) is 6.20 Å². The molecule has 1 aromatic carbocycles. The number of carbonyl (C=O) groups is 1. The average Bonchev–Trinajstić information content (AvgIpc) is 3.02. The molecule has 0 radical (unpaired) electrons. The highest BCUT2D eigenvalue weighted by Gasteiger charge is 2.28. The van der Waals surface area contributed by atoms with Crippen LogP contribution < -0.4 is 10.1 Å². The van der Waals surface area contributed by atoms with Crippen LogP contribution in [0, 0.1) is 5.92 Å². The molecule has 5 nitrogen and oxygen atoms in total. The van der Waals surface area contributed by atoms with Gasteiger partial charge in [-0.05, 0) is 63.0 Å². The lowest BCUT2D eigenvalue weighted by Crippen LogP contribution is -2.43. The van der Waals surface area contributed by atoms with E-state index >= 15 is 0 Å². The van der Waals surface area contributed by atoms with E-state index in [-0.39, 0.29) is 30.3 Å². The third-order valence-corrected chi connectivity index (χ3v) is 5.31. The molecule has 1 N–H and O–H groups in total. The quantitative estimate of drug-likeness (QED) is 0.703. The summed E-state index contributed by atoms with van der Waals surface area (Å²) in [5.41, 5.74) is 0.945. The zero-order valence-electron chi connectivity index (χ0n) is 17.1. The topological polar surface area (TPSA) is 54.5 Å². The van der Waals surface area contributed by atoms with Crippen molar-refractivity contribution in [1.82, 2.24) is 15.2 Å². The molecule has 3 rings (SSSR count). The van der Waals surface area contributed by atoms with E-state index in [0.717, 1.165) is 43.8 Å². The molecule has 2 heterocycles. The molecule has 1 amide bonds. The van der Waals surface area contributed by atoms with Crippen molar-refractivity contribution in [1.29, 1.82) is 0 Å². The first-order valence-corrected chi connectivity index (χ1v) is 10.3. The fraction of sp³-hybridized carbons (Fsp3) is 0.478. The van der Waals surface area contributed by atoms with Crippen LogP contribution in [0.4, 0.5) is 0 Å². The summed E-state index contributed by atoms with van der Waals surface area (Å²) in [4.78, 5) is 19.8. The summed E-state index contributed by atoms with van der Waals surface area (Å²) in [6.45, 7) is 5.12. The number of halogens is 1. The Morgan fingerprint density at radius 1 is 1.17 bits per heavy atom. The van der Waals surface area contributed by atoms with Crippen molar-refractivity contribution in [3.8, 4) is 5.75 Å². The van der Waals surface area contributed by atoms with Crippen molar-refractivity contribution >= 4 is 18.3 Å². The number of para-hydroxylation sites is 1. The maximum Gasteiger partial charge on any atom is 0.226 e. The predicted octanol–water partition coefficient (Wildman–Crippen LogP) is 4.08. The molecule has 1 saturated heterocycles. The minimum atomic E-state index is -0.0800. The van der Waals surface area contributed by atoms with Crippen LogP contribution in [0.15, 0.2) is 54.7 Å². The van der Waals surface area contributed by atoms with Crippen LogP contribution in [0.3, 0.4) is 0 Å². The summed E-state index contributed by atoms with van der Waals surface area (Å²) in [7, 11) is 0. The van der Waals surface area contributed by atoms with Crippen LogP contribution in [-0.4, -0.2) is 41.5 Å². The Bertz CT molecular complexity index is 707. The van der Waals surface area contributed by atoms with Gasteiger partial charge in [0.2, 0.25) is 5.91 Å². The van der Waals surface area contributed by atoms with Crippen LogP contribution in [0.5, 0.6) is 5.75 Å². The van der Waals surface area contributed by atoms with Gasteiger partial charge in [-0.25, -0.2) is 0 Å². The normalized spacial score (nSPS) is 17.5. The van der Waals surface area contributed by atoms with Gasteiger partial charge >= 0.3 is 0 Å². The molecule has 158 valence electrons. The molecule has 0 spiro atoms. The molecule has 0 bridgehead atoms. The van der Waals surface area contributed by atoms with Gasteiger partial charge in [-0.3, -0.25) is 9.78 Å². The van der Waals surface area contributed by atoms with E-state index in [0.29, 0.717) is 19.6 Å². The number of pyridine rings is 1. The lowest BCUT2D eigenvalue weighted by molar-refractivity contribution is -0.138. The molecule has 29 heavy (non-hydrogen) atoms. The molecular weight excluding hydrogens is 386 g/mol. The maximum absolute atomic E-state index is 13.3. The zero-order chi connectivity index (χ0) is 19.6. The molecule has 2 aromatic rings. The Morgan fingerprint density at radius 3 is 2.72 bits per heavy atom. The summed E-state index contributed by atoms with van der Waals surface area (Å²) in [6, 6.07) is 15.9. The van der Waals surface area contributed by atoms with Gasteiger partial charge in [0, 0.05) is 18.2 Å². The molecule has 1 fully saturated rings. The Balaban J connectivity index is 0.00000300. The van der Waals surface area contributed by atoms with Gasteiger partial charge < -0.3 is 15.0 Å². The molecule has 1 aliphatic heterocycles. The summed E-state index contributed by atoms with van der Waals surface area (Å²) < 4.78 is 5.80. The number of rotatable bonds is 8. The second-order valence-electron chi connectivity index (χ2n) is 7.47. The summed E-state index contributed by atoms with van der Waals surface area (Å²) in [5, 5.41) is 3.44. The predicted molar refractivity (Wildman–Crippen MR) is 118 cm³/mol. The van der Waals surface area contributed by atoms with Crippen LogP contribution in [0.1, 0.15) is 38.3 Å². The molecule has 1 aromatic heterocycles. The Morgan fingerprint density at radius 2 is 1.97 bits per heavy atom. The zero-order valence-corrected chi connectivity index (χ0v) is 17.9. The number of nitrogens with zero attached hydrogens (tertiary/aromatic N) is 2. The highest BCUT2D eigenvalue weighted by atomic mass is 35.5. The van der Waals surface area contributed by atoms with Crippen molar-refractivity contribution in [2.75, 3.05) is 19.7 Å². The number of aromatic nitrogens is 1. The van der Waals surface area contributed by atoms with E-state index in [1.165, 1.54) is 0 Å². The van der Waals surface area contributed by atoms with Crippen molar-refractivity contribution in [3.05, 3.63) is 60.4 Å². The lowest BCUT2D eigenvalue weighted by atomic mass is 10.0. The number of hydrogen-bond acceptors (Lipinski definition) is 4. The van der Waals surface area contributed by atoms with Gasteiger partial charge in [-0.2, -0.15) is 0 Å². The first-order chi connectivity index (χ1) is 13.7. The van der Waals surface area contributed by atoms with E-state index in [4.69, 9.17) is 4.74 Å². The third-order valence-electron chi connectivity index (χ3n) is 5.31. The smallest absolute Gasteiger partial charge is 0.226 e. The van der Waals surface area contributed by atoms with Gasteiger partial charge in [0.15, 0.2) is 0 Å². The van der Waals surface area contributed by atoms with E-state index in [9.17, 15) is 4.79 Å². The molecular formula is C23H32ClN3O2. The van der Waals surface area contributed by atoms with Crippen molar-refractivity contribution < 1.29 is 9.53 Å². The number of benzene rings is 1. The molecule has 0 aliphatic carbocycles. The molecule has 2 atom stereocenters. The standard InChI is InChI=1S/C23H31N3O2.ClH/c1-19(13-17-28-22-10-3-2-4-11-22)23(27)26(18-20-8-5-6-15-25-20)21-9-7-14-24-16-12-21;/h2-6,8,10-11,15,19,21,24H,7,9,12-14,16-18H2,1H3;1H. The SMILES string of the molecule is CC(CCOc1ccccc1)C(=O)N(Cc1ccccn1)C1CCCNCC1.Cl. The Labute approximate surface area is 180 Å². The van der Waals surface area contributed by atoms with Crippen LogP contribution in [0.2, 0.25) is 0 Å². The third kappa shape index (κ3) is 7.33. The average molecular weight is 418 g/mol. The summed E-state index contributed by atoms with van der Waals surface area (Å²) in [6.07, 6.45) is 5.63. The van der Waals surface area contributed by atoms with Gasteiger partial charge in [0.1, 0.15) is 5.75 Å². The van der Waals surface area contributed by atoms with Crippen molar-refractivity contribution in [2.24, 2.45) is 5.92 Å². The van der Waals surface area contributed by atoms with Crippen molar-refractivity contribution in [2.45, 2.75) is 45.2 Å². The fourth-order valence-corrected chi connectivity index (χ4v) is 3.64. The van der Waals surface area contributed by atoms with Crippen molar-refractivity contribution in [3.63, 3.8) is 0 Å². The van der Waals surface area contributed by atoms with E-state index < -0.39 is 0 Å². The molecule has 2 unspecified atom stereocenters. The number of carbonyl (C=O) groups excluding carboxylic acids is 1. The van der Waals surface area contributed by atoms with Crippen LogP contribution >= 0.6 is 12.4 Å². The first kappa shape index (κ1) is 23.2. The molecule has 1 aliphatic rings. The Kier molecular flexibility index (Phi) is 9.95. The first-order valence-electron chi connectivity index (χ1n) is 10.3. The van der Waals surface area contributed by atoms with E-state index in [1.807, 2.05) is 55.5 Å². The number of hydrogen-bond donors (Lipinski definition) is 1. The van der Waals surface area contributed by atoms with Gasteiger partial charge in [-0.15, -0.1) is 12.4 Å². The number of ether oxygens (including phenoxy) is 1. The second-order valence-corrected chi connectivity index (χ2v) is 7.47. The minimum Gasteiger partial charge on any atom is -0.494 e. The maximum atomic E-state index is 13.3. The number of nitrogens with one attached hydrogen (secondary N) is 1. The monoisotopic (exact) mass is 417 g/mol. The lowest BCUT2D eigenvalue weighted by Gasteiger charge is -2.33. The second kappa shape index (κ2) is 12.5. The van der Waals surface area contributed by atoms with E-state index in [2.05, 4.69) is 15.2 Å².